The lowest BCUT2D eigenvalue weighted by atomic mass is 10.1. The van der Waals surface area contributed by atoms with Crippen molar-refractivity contribution in [3.63, 3.8) is 0 Å². The molecule has 0 radical (unpaired) electrons. The highest BCUT2D eigenvalue weighted by Crippen LogP contribution is 2.01. The van der Waals surface area contributed by atoms with E-state index in [0.717, 1.165) is 12.5 Å². The van der Waals surface area contributed by atoms with Crippen molar-refractivity contribution in [3.05, 3.63) is 0 Å². The largest absolute Gasteiger partial charge is 0.315 e. The van der Waals surface area contributed by atoms with Crippen molar-refractivity contribution in [3.8, 4) is 0 Å². The van der Waals surface area contributed by atoms with Crippen LogP contribution in [0.4, 0.5) is 0 Å². The highest BCUT2D eigenvalue weighted by atomic mass is 15.1. The third-order valence-corrected chi connectivity index (χ3v) is 2.95. The van der Waals surface area contributed by atoms with Crippen LogP contribution in [0, 0.1) is 5.92 Å². The third-order valence-electron chi connectivity index (χ3n) is 2.95. The number of unbranched alkanes of at least 4 members (excludes halogenated alkanes) is 2. The van der Waals surface area contributed by atoms with Crippen LogP contribution in [0.2, 0.25) is 0 Å². The Morgan fingerprint density at radius 2 is 1.87 bits per heavy atom. The van der Waals surface area contributed by atoms with E-state index in [1.807, 2.05) is 0 Å². The molecule has 0 aliphatic carbocycles. The van der Waals surface area contributed by atoms with E-state index in [1.165, 1.54) is 45.3 Å². The van der Waals surface area contributed by atoms with Gasteiger partial charge in [-0.25, -0.2) is 0 Å². The highest BCUT2D eigenvalue weighted by Gasteiger charge is 2.03. The number of rotatable bonds is 10. The molecule has 0 saturated carbocycles. The maximum Gasteiger partial charge on any atom is 0.0104 e. The minimum absolute atomic E-state index is 0.829. The minimum Gasteiger partial charge on any atom is -0.315 e. The fraction of sp³-hybridized carbons (Fsp3) is 1.00. The Labute approximate surface area is 96.4 Å². The molecule has 0 fully saturated rings. The average molecular weight is 214 g/mol. The number of likely N-dealkylation sites (N-methyl/N-ethyl adjacent to an activating group) is 1. The molecule has 1 N–H and O–H groups in total. The third kappa shape index (κ3) is 10.2. The van der Waals surface area contributed by atoms with Crippen molar-refractivity contribution >= 4 is 0 Å². The Morgan fingerprint density at radius 3 is 2.47 bits per heavy atom. The van der Waals surface area contributed by atoms with Crippen LogP contribution in [0.15, 0.2) is 0 Å². The summed E-state index contributed by atoms with van der Waals surface area (Å²) >= 11 is 0. The molecular weight excluding hydrogens is 184 g/mol. The molecule has 1 atom stereocenters. The van der Waals surface area contributed by atoms with E-state index in [0.29, 0.717) is 0 Å². The summed E-state index contributed by atoms with van der Waals surface area (Å²) in [4.78, 5) is 2.43. The lowest BCUT2D eigenvalue weighted by Crippen LogP contribution is -2.32. The molecule has 0 saturated heterocycles. The second kappa shape index (κ2) is 10.4. The summed E-state index contributed by atoms with van der Waals surface area (Å²) in [5.74, 6) is 0.829. The fourth-order valence-electron chi connectivity index (χ4n) is 1.65. The fourth-order valence-corrected chi connectivity index (χ4v) is 1.65. The van der Waals surface area contributed by atoms with Crippen molar-refractivity contribution in [2.45, 2.75) is 46.5 Å². The summed E-state index contributed by atoms with van der Waals surface area (Å²) in [6.07, 6.45) is 5.28. The summed E-state index contributed by atoms with van der Waals surface area (Å²) in [5, 5.41) is 3.50. The van der Waals surface area contributed by atoms with E-state index in [9.17, 15) is 0 Å². The molecule has 0 bridgehead atoms. The van der Waals surface area contributed by atoms with Crippen LogP contribution < -0.4 is 5.32 Å². The van der Waals surface area contributed by atoms with Crippen LogP contribution in [0.25, 0.3) is 0 Å². The van der Waals surface area contributed by atoms with E-state index in [-0.39, 0.29) is 0 Å². The smallest absolute Gasteiger partial charge is 0.0104 e. The molecule has 0 spiro atoms. The summed E-state index contributed by atoms with van der Waals surface area (Å²) in [7, 11) is 2.22. The lowest BCUT2D eigenvalue weighted by Gasteiger charge is -2.20. The number of hydrogen-bond donors (Lipinski definition) is 1. The summed E-state index contributed by atoms with van der Waals surface area (Å²) < 4.78 is 0. The summed E-state index contributed by atoms with van der Waals surface area (Å²) in [6.45, 7) is 11.6. The maximum atomic E-state index is 3.50. The van der Waals surface area contributed by atoms with Gasteiger partial charge < -0.3 is 10.2 Å². The first-order valence-corrected chi connectivity index (χ1v) is 6.59. The first-order chi connectivity index (χ1) is 7.20. The van der Waals surface area contributed by atoms with Gasteiger partial charge in [-0.15, -0.1) is 0 Å². The van der Waals surface area contributed by atoms with Gasteiger partial charge in [0.15, 0.2) is 0 Å². The molecule has 0 aliphatic heterocycles. The molecule has 15 heavy (non-hydrogen) atoms. The Bertz CT molecular complexity index is 126. The Morgan fingerprint density at radius 1 is 1.13 bits per heavy atom. The van der Waals surface area contributed by atoms with Gasteiger partial charge in [-0.1, -0.05) is 40.0 Å². The Hall–Kier alpha value is -0.0800. The van der Waals surface area contributed by atoms with Crippen LogP contribution in [0.3, 0.4) is 0 Å². The van der Waals surface area contributed by atoms with Gasteiger partial charge >= 0.3 is 0 Å². The van der Waals surface area contributed by atoms with Gasteiger partial charge in [0.25, 0.3) is 0 Å². The first kappa shape index (κ1) is 14.9. The lowest BCUT2D eigenvalue weighted by molar-refractivity contribution is 0.281. The molecule has 2 nitrogen and oxygen atoms in total. The van der Waals surface area contributed by atoms with Crippen molar-refractivity contribution < 1.29 is 0 Å². The summed E-state index contributed by atoms with van der Waals surface area (Å²) in [5.41, 5.74) is 0. The van der Waals surface area contributed by atoms with Crippen molar-refractivity contribution in [1.82, 2.24) is 10.2 Å². The highest BCUT2D eigenvalue weighted by molar-refractivity contribution is 4.59. The minimum atomic E-state index is 0.829. The van der Waals surface area contributed by atoms with Crippen LogP contribution in [0.1, 0.15) is 46.5 Å². The van der Waals surface area contributed by atoms with Crippen LogP contribution in [-0.2, 0) is 0 Å². The van der Waals surface area contributed by atoms with E-state index in [2.05, 4.69) is 38.0 Å². The van der Waals surface area contributed by atoms with Crippen molar-refractivity contribution in [2.24, 2.45) is 5.92 Å². The average Bonchev–Trinajstić information content (AvgIpc) is 2.23. The normalized spacial score (nSPS) is 13.4. The second-order valence-electron chi connectivity index (χ2n) is 4.73. The predicted molar refractivity (Wildman–Crippen MR) is 69.3 cm³/mol. The van der Waals surface area contributed by atoms with Crippen LogP contribution in [-0.4, -0.2) is 38.1 Å². The van der Waals surface area contributed by atoms with Gasteiger partial charge in [0, 0.05) is 19.6 Å². The molecule has 0 aromatic heterocycles. The van der Waals surface area contributed by atoms with Crippen LogP contribution >= 0.6 is 0 Å². The molecule has 0 rings (SSSR count). The van der Waals surface area contributed by atoms with Gasteiger partial charge in [-0.3, -0.25) is 0 Å². The zero-order chi connectivity index (χ0) is 11.5. The second-order valence-corrected chi connectivity index (χ2v) is 4.73. The number of nitrogens with zero attached hydrogens (tertiary/aromatic N) is 1. The molecule has 0 aromatic carbocycles. The van der Waals surface area contributed by atoms with E-state index >= 15 is 0 Å². The van der Waals surface area contributed by atoms with Gasteiger partial charge in [0.1, 0.15) is 0 Å². The van der Waals surface area contributed by atoms with E-state index < -0.39 is 0 Å². The van der Waals surface area contributed by atoms with Crippen molar-refractivity contribution in [1.29, 1.82) is 0 Å². The quantitative estimate of drug-likeness (QED) is 0.563. The predicted octanol–water partition coefficient (Wildman–Crippen LogP) is 2.74. The Balaban J connectivity index is 3.20. The van der Waals surface area contributed by atoms with E-state index in [4.69, 9.17) is 0 Å². The van der Waals surface area contributed by atoms with E-state index in [1.54, 1.807) is 0 Å². The number of hydrogen-bond acceptors (Lipinski definition) is 2. The zero-order valence-electron chi connectivity index (χ0n) is 11.2. The molecule has 0 aromatic rings. The summed E-state index contributed by atoms with van der Waals surface area (Å²) in [6, 6.07) is 0. The topological polar surface area (TPSA) is 15.3 Å². The zero-order valence-corrected chi connectivity index (χ0v) is 11.2. The van der Waals surface area contributed by atoms with Gasteiger partial charge in [-0.2, -0.15) is 0 Å². The SMILES string of the molecule is CCCCCNCCN(C)CC(C)CC. The molecule has 0 amide bonds. The molecular formula is C13H30N2. The van der Waals surface area contributed by atoms with Crippen molar-refractivity contribution in [2.75, 3.05) is 33.2 Å². The number of nitrogens with one attached hydrogen (secondary N) is 1. The maximum absolute atomic E-state index is 3.50. The molecule has 1 unspecified atom stereocenters. The molecule has 0 heterocycles. The van der Waals surface area contributed by atoms with Crippen LogP contribution in [0.5, 0.6) is 0 Å². The monoisotopic (exact) mass is 214 g/mol. The molecule has 92 valence electrons. The van der Waals surface area contributed by atoms with Gasteiger partial charge in [-0.05, 0) is 25.9 Å². The Kier molecular flexibility index (Phi) is 10.4. The molecule has 0 aliphatic rings. The first-order valence-electron chi connectivity index (χ1n) is 6.59. The van der Waals surface area contributed by atoms with Gasteiger partial charge in [0.05, 0.1) is 0 Å². The standard InChI is InChI=1S/C13H30N2/c1-5-7-8-9-14-10-11-15(4)12-13(3)6-2/h13-14H,5-12H2,1-4H3. The molecule has 2 heteroatoms. The van der Waals surface area contributed by atoms with Gasteiger partial charge in [0.2, 0.25) is 0 Å².